The fraction of sp³-hybridized carbons (Fsp3) is 0.111. The van der Waals surface area contributed by atoms with Crippen molar-refractivity contribution < 1.29 is 4.79 Å². The SMILES string of the molecule is O=C(Cc1ncc[nH]1)c1ccsc1. The van der Waals surface area contributed by atoms with Gasteiger partial charge in [-0.05, 0) is 11.4 Å². The van der Waals surface area contributed by atoms with Crippen LogP contribution in [0.4, 0.5) is 0 Å². The summed E-state index contributed by atoms with van der Waals surface area (Å²) in [6.07, 6.45) is 3.72. The first kappa shape index (κ1) is 8.19. The Bertz CT molecular complexity index is 378. The number of Topliss-reactive ketones (excluding diaryl/α,β-unsaturated/α-hetero) is 1. The van der Waals surface area contributed by atoms with Crippen LogP contribution in [0.5, 0.6) is 0 Å². The molecule has 0 saturated carbocycles. The summed E-state index contributed by atoms with van der Waals surface area (Å²) in [5.41, 5.74) is 0.765. The van der Waals surface area contributed by atoms with E-state index in [-0.39, 0.29) is 5.78 Å². The predicted molar refractivity (Wildman–Crippen MR) is 50.9 cm³/mol. The van der Waals surface area contributed by atoms with Crippen molar-refractivity contribution in [2.24, 2.45) is 0 Å². The second-order valence-corrected chi connectivity index (χ2v) is 3.43. The summed E-state index contributed by atoms with van der Waals surface area (Å²) in [4.78, 5) is 18.4. The molecular weight excluding hydrogens is 184 g/mol. The summed E-state index contributed by atoms with van der Waals surface area (Å²) >= 11 is 1.53. The van der Waals surface area contributed by atoms with Crippen LogP contribution < -0.4 is 0 Å². The molecule has 0 spiro atoms. The Kier molecular flexibility index (Phi) is 2.23. The summed E-state index contributed by atoms with van der Waals surface area (Å²) in [6, 6.07) is 1.83. The van der Waals surface area contributed by atoms with E-state index in [2.05, 4.69) is 9.97 Å². The number of aromatic nitrogens is 2. The Morgan fingerprint density at radius 3 is 3.15 bits per heavy atom. The highest BCUT2D eigenvalue weighted by Crippen LogP contribution is 2.08. The van der Waals surface area contributed by atoms with Crippen LogP contribution in [0.1, 0.15) is 16.2 Å². The second-order valence-electron chi connectivity index (χ2n) is 2.65. The Balaban J connectivity index is 2.08. The molecule has 0 aliphatic heterocycles. The number of rotatable bonds is 3. The lowest BCUT2D eigenvalue weighted by atomic mass is 10.1. The molecule has 0 unspecified atom stereocenters. The van der Waals surface area contributed by atoms with Gasteiger partial charge in [0.25, 0.3) is 0 Å². The van der Waals surface area contributed by atoms with Crippen molar-refractivity contribution in [2.75, 3.05) is 0 Å². The number of H-pyrrole nitrogens is 1. The van der Waals surface area contributed by atoms with Crippen molar-refractivity contribution in [3.05, 3.63) is 40.6 Å². The van der Waals surface area contributed by atoms with Gasteiger partial charge in [-0.3, -0.25) is 4.79 Å². The third-order valence-corrected chi connectivity index (χ3v) is 2.41. The van der Waals surface area contributed by atoms with E-state index in [4.69, 9.17) is 0 Å². The summed E-state index contributed by atoms with van der Waals surface area (Å²) in [5.74, 6) is 0.826. The summed E-state index contributed by atoms with van der Waals surface area (Å²) in [5, 5.41) is 3.75. The molecule has 0 aromatic carbocycles. The molecule has 0 amide bonds. The summed E-state index contributed by atoms with van der Waals surface area (Å²) in [7, 11) is 0. The molecule has 0 radical (unpaired) electrons. The topological polar surface area (TPSA) is 45.8 Å². The minimum atomic E-state index is 0.108. The number of ketones is 1. The molecule has 2 heterocycles. The van der Waals surface area contributed by atoms with E-state index in [0.717, 1.165) is 11.4 Å². The zero-order valence-corrected chi connectivity index (χ0v) is 7.67. The van der Waals surface area contributed by atoms with Crippen LogP contribution >= 0.6 is 11.3 Å². The molecule has 2 aromatic heterocycles. The zero-order chi connectivity index (χ0) is 9.10. The number of carbonyl (C=O) groups excluding carboxylic acids is 1. The molecule has 0 aliphatic rings. The van der Waals surface area contributed by atoms with Gasteiger partial charge < -0.3 is 4.98 Å². The molecule has 0 atom stereocenters. The summed E-state index contributed by atoms with van der Waals surface area (Å²) in [6.45, 7) is 0. The number of nitrogens with one attached hydrogen (secondary N) is 1. The van der Waals surface area contributed by atoms with Gasteiger partial charge in [-0.15, -0.1) is 0 Å². The third kappa shape index (κ3) is 1.84. The van der Waals surface area contributed by atoms with Gasteiger partial charge in [0.15, 0.2) is 5.78 Å². The van der Waals surface area contributed by atoms with Crippen LogP contribution in [-0.4, -0.2) is 15.8 Å². The number of thiophene rings is 1. The van der Waals surface area contributed by atoms with Gasteiger partial charge in [0, 0.05) is 23.3 Å². The van der Waals surface area contributed by atoms with E-state index in [9.17, 15) is 4.79 Å². The van der Waals surface area contributed by atoms with E-state index >= 15 is 0 Å². The smallest absolute Gasteiger partial charge is 0.171 e. The molecule has 3 nitrogen and oxygen atoms in total. The number of aromatic amines is 1. The Labute approximate surface area is 79.4 Å². The van der Waals surface area contributed by atoms with E-state index in [1.54, 1.807) is 12.4 Å². The fourth-order valence-electron chi connectivity index (χ4n) is 1.07. The van der Waals surface area contributed by atoms with Crippen molar-refractivity contribution in [1.82, 2.24) is 9.97 Å². The van der Waals surface area contributed by atoms with Crippen LogP contribution in [0.3, 0.4) is 0 Å². The molecule has 2 aromatic rings. The van der Waals surface area contributed by atoms with Crippen molar-refractivity contribution in [3.63, 3.8) is 0 Å². The molecule has 1 N–H and O–H groups in total. The molecule has 66 valence electrons. The first-order valence-electron chi connectivity index (χ1n) is 3.90. The maximum absolute atomic E-state index is 11.5. The number of hydrogen-bond acceptors (Lipinski definition) is 3. The van der Waals surface area contributed by atoms with Gasteiger partial charge in [0.1, 0.15) is 5.82 Å². The lowest BCUT2D eigenvalue weighted by Crippen LogP contribution is -2.03. The van der Waals surface area contributed by atoms with Crippen LogP contribution in [0.15, 0.2) is 29.2 Å². The lowest BCUT2D eigenvalue weighted by Gasteiger charge is -1.93. The van der Waals surface area contributed by atoms with Crippen molar-refractivity contribution in [1.29, 1.82) is 0 Å². The Hall–Kier alpha value is -1.42. The molecular formula is C9H8N2OS. The highest BCUT2D eigenvalue weighted by atomic mass is 32.1. The summed E-state index contributed by atoms with van der Waals surface area (Å²) < 4.78 is 0. The number of hydrogen-bond donors (Lipinski definition) is 1. The molecule has 0 saturated heterocycles. The van der Waals surface area contributed by atoms with E-state index < -0.39 is 0 Å². The zero-order valence-electron chi connectivity index (χ0n) is 6.86. The molecule has 2 rings (SSSR count). The number of carbonyl (C=O) groups is 1. The minimum Gasteiger partial charge on any atom is -0.348 e. The maximum Gasteiger partial charge on any atom is 0.171 e. The van der Waals surface area contributed by atoms with Crippen molar-refractivity contribution >= 4 is 17.1 Å². The fourth-order valence-corrected chi connectivity index (χ4v) is 1.73. The van der Waals surface area contributed by atoms with Gasteiger partial charge in [-0.2, -0.15) is 11.3 Å². The van der Waals surface area contributed by atoms with Gasteiger partial charge in [0.05, 0.1) is 6.42 Å². The van der Waals surface area contributed by atoms with Gasteiger partial charge >= 0.3 is 0 Å². The van der Waals surface area contributed by atoms with Crippen LogP contribution in [0.2, 0.25) is 0 Å². The number of nitrogens with zero attached hydrogens (tertiary/aromatic N) is 1. The third-order valence-electron chi connectivity index (χ3n) is 1.73. The normalized spacial score (nSPS) is 10.2. The first-order valence-corrected chi connectivity index (χ1v) is 4.84. The molecule has 0 fully saturated rings. The highest BCUT2D eigenvalue weighted by molar-refractivity contribution is 7.08. The average molecular weight is 192 g/mol. The molecule has 4 heteroatoms. The Morgan fingerprint density at radius 1 is 1.62 bits per heavy atom. The predicted octanol–water partition coefficient (Wildman–Crippen LogP) is 1.90. The highest BCUT2D eigenvalue weighted by Gasteiger charge is 2.07. The standard InChI is InChI=1S/C9H8N2OS/c12-8(7-1-4-13-6-7)5-9-10-2-3-11-9/h1-4,6H,5H2,(H,10,11). The molecule has 0 aliphatic carbocycles. The lowest BCUT2D eigenvalue weighted by molar-refractivity contribution is 0.0991. The monoisotopic (exact) mass is 192 g/mol. The number of imidazole rings is 1. The first-order chi connectivity index (χ1) is 6.36. The van der Waals surface area contributed by atoms with Crippen LogP contribution in [-0.2, 0) is 6.42 Å². The van der Waals surface area contributed by atoms with Crippen molar-refractivity contribution in [3.8, 4) is 0 Å². The van der Waals surface area contributed by atoms with Gasteiger partial charge in [-0.1, -0.05) is 0 Å². The van der Waals surface area contributed by atoms with E-state index in [0.29, 0.717) is 6.42 Å². The largest absolute Gasteiger partial charge is 0.348 e. The second kappa shape index (κ2) is 3.53. The minimum absolute atomic E-state index is 0.108. The Morgan fingerprint density at radius 2 is 2.54 bits per heavy atom. The van der Waals surface area contributed by atoms with Gasteiger partial charge in [0.2, 0.25) is 0 Å². The van der Waals surface area contributed by atoms with Gasteiger partial charge in [-0.25, -0.2) is 4.98 Å². The van der Waals surface area contributed by atoms with E-state index in [1.807, 2.05) is 16.8 Å². The quantitative estimate of drug-likeness (QED) is 0.755. The van der Waals surface area contributed by atoms with Crippen molar-refractivity contribution in [2.45, 2.75) is 6.42 Å². The molecule has 0 bridgehead atoms. The van der Waals surface area contributed by atoms with Crippen LogP contribution in [0.25, 0.3) is 0 Å². The van der Waals surface area contributed by atoms with Crippen LogP contribution in [0, 0.1) is 0 Å². The average Bonchev–Trinajstić information content (AvgIpc) is 2.74. The maximum atomic E-state index is 11.5. The van der Waals surface area contributed by atoms with E-state index in [1.165, 1.54) is 11.3 Å². The molecule has 13 heavy (non-hydrogen) atoms.